The number of hydrogen-bond acceptors (Lipinski definition) is 8. The highest BCUT2D eigenvalue weighted by Crippen LogP contribution is 2.33. The van der Waals surface area contributed by atoms with Crippen LogP contribution in [0.25, 0.3) is 0 Å². The van der Waals surface area contributed by atoms with Crippen molar-refractivity contribution in [1.29, 1.82) is 0 Å². The summed E-state index contributed by atoms with van der Waals surface area (Å²) in [5, 5.41) is 30.5. The molecule has 0 bridgehead atoms. The lowest BCUT2D eigenvalue weighted by Crippen LogP contribution is -2.49. The summed E-state index contributed by atoms with van der Waals surface area (Å²) in [6.45, 7) is 3.33. The number of nitrogens with zero attached hydrogens (tertiary/aromatic N) is 8. The van der Waals surface area contributed by atoms with E-state index >= 15 is 4.39 Å². The molecule has 1 aliphatic rings. The molecule has 4 aromatic rings. The van der Waals surface area contributed by atoms with Gasteiger partial charge in [-0.2, -0.15) is 10.2 Å². The molecular formula is C26H26F2N8O4. The van der Waals surface area contributed by atoms with Crippen molar-refractivity contribution >= 4 is 17.3 Å². The molecule has 1 N–H and O–H groups in total. The quantitative estimate of drug-likeness (QED) is 0.260. The zero-order chi connectivity index (χ0) is 28.4. The Morgan fingerprint density at radius 1 is 1.12 bits per heavy atom. The van der Waals surface area contributed by atoms with E-state index in [1.165, 1.54) is 52.6 Å². The second kappa shape index (κ2) is 10.8. The fourth-order valence-electron chi connectivity index (χ4n) is 4.86. The van der Waals surface area contributed by atoms with Crippen molar-refractivity contribution in [1.82, 2.24) is 29.4 Å². The van der Waals surface area contributed by atoms with Gasteiger partial charge in [-0.1, -0.05) is 6.07 Å². The van der Waals surface area contributed by atoms with Crippen LogP contribution in [0.4, 0.5) is 20.2 Å². The maximum Gasteiger partial charge on any atom is 0.269 e. The van der Waals surface area contributed by atoms with Gasteiger partial charge in [-0.3, -0.25) is 24.3 Å². The van der Waals surface area contributed by atoms with Gasteiger partial charge in [0.25, 0.3) is 11.6 Å². The van der Waals surface area contributed by atoms with E-state index in [0.29, 0.717) is 26.2 Å². The standard InChI is InChI=1S/C26H26F2N8O4/c1-26(22-7-2-19(27)12-23(22)28,24(37)15-34-17-29-16-31-34)35-14-18(13-30-35)25(38)33-10-8-32(9-11-33)20-3-5-21(6-4-20)36(39)40/h2-7,12-14,16-17,24,37H,8-11,15H2,1H3/t24-,26-/m1/s1. The van der Waals surface area contributed by atoms with Gasteiger partial charge in [0.1, 0.15) is 35.9 Å². The highest BCUT2D eigenvalue weighted by molar-refractivity contribution is 5.94. The summed E-state index contributed by atoms with van der Waals surface area (Å²) in [6.07, 6.45) is 4.21. The minimum absolute atomic E-state index is 0.00787. The smallest absolute Gasteiger partial charge is 0.269 e. The van der Waals surface area contributed by atoms with E-state index in [4.69, 9.17) is 0 Å². The Morgan fingerprint density at radius 3 is 2.48 bits per heavy atom. The minimum Gasteiger partial charge on any atom is -0.388 e. The van der Waals surface area contributed by atoms with Crippen LogP contribution < -0.4 is 4.90 Å². The molecular weight excluding hydrogens is 526 g/mol. The first-order chi connectivity index (χ1) is 19.2. The molecule has 2 aromatic carbocycles. The van der Waals surface area contributed by atoms with Crippen LogP contribution in [0.15, 0.2) is 67.5 Å². The van der Waals surface area contributed by atoms with Gasteiger partial charge in [0.05, 0.1) is 23.2 Å². The number of carbonyl (C=O) groups excluding carboxylic acids is 1. The second-order valence-corrected chi connectivity index (χ2v) is 9.63. The fraction of sp³-hybridized carbons (Fsp3) is 0.308. The fourth-order valence-corrected chi connectivity index (χ4v) is 4.86. The maximum absolute atomic E-state index is 15.0. The third kappa shape index (κ3) is 5.12. The molecule has 0 aliphatic carbocycles. The normalized spacial score (nSPS) is 16.0. The van der Waals surface area contributed by atoms with Crippen LogP contribution in [0.3, 0.4) is 0 Å². The minimum atomic E-state index is -1.53. The Bertz CT molecular complexity index is 1500. The molecule has 14 heteroatoms. The average Bonchev–Trinajstić information content (AvgIpc) is 3.65. The van der Waals surface area contributed by atoms with E-state index in [-0.39, 0.29) is 29.3 Å². The second-order valence-electron chi connectivity index (χ2n) is 9.63. The largest absolute Gasteiger partial charge is 0.388 e. The number of aliphatic hydroxyl groups excluding tert-OH is 1. The summed E-state index contributed by atoms with van der Waals surface area (Å²) in [4.78, 5) is 31.4. The van der Waals surface area contributed by atoms with E-state index < -0.39 is 28.2 Å². The Labute approximate surface area is 227 Å². The number of aromatic nitrogens is 5. The van der Waals surface area contributed by atoms with Gasteiger partial charge >= 0.3 is 0 Å². The number of non-ortho nitro benzene ring substituents is 1. The summed E-state index contributed by atoms with van der Waals surface area (Å²) in [6, 6.07) is 9.32. The van der Waals surface area contributed by atoms with Gasteiger partial charge in [-0.15, -0.1) is 0 Å². The van der Waals surface area contributed by atoms with E-state index in [0.717, 1.165) is 17.8 Å². The molecule has 0 radical (unpaired) electrons. The highest BCUT2D eigenvalue weighted by atomic mass is 19.1. The molecule has 208 valence electrons. The van der Waals surface area contributed by atoms with E-state index in [2.05, 4.69) is 15.2 Å². The van der Waals surface area contributed by atoms with E-state index in [9.17, 15) is 24.4 Å². The first-order valence-corrected chi connectivity index (χ1v) is 12.5. The van der Waals surface area contributed by atoms with Crippen molar-refractivity contribution in [2.45, 2.75) is 25.1 Å². The number of nitro groups is 1. The lowest BCUT2D eigenvalue weighted by molar-refractivity contribution is -0.384. The molecule has 3 heterocycles. The first-order valence-electron chi connectivity index (χ1n) is 12.5. The third-order valence-electron chi connectivity index (χ3n) is 7.25. The molecule has 12 nitrogen and oxygen atoms in total. The van der Waals surface area contributed by atoms with Gasteiger partial charge in [0.2, 0.25) is 0 Å². The molecule has 1 saturated heterocycles. The highest BCUT2D eigenvalue weighted by Gasteiger charge is 2.41. The van der Waals surface area contributed by atoms with Gasteiger partial charge in [0, 0.05) is 61.8 Å². The van der Waals surface area contributed by atoms with Crippen LogP contribution in [-0.2, 0) is 12.1 Å². The van der Waals surface area contributed by atoms with Crippen LogP contribution in [0.5, 0.6) is 0 Å². The molecule has 40 heavy (non-hydrogen) atoms. The number of piperazine rings is 1. The predicted molar refractivity (Wildman–Crippen MR) is 139 cm³/mol. The van der Waals surface area contributed by atoms with Crippen molar-refractivity contribution in [3.63, 3.8) is 0 Å². The molecule has 1 aliphatic heterocycles. The average molecular weight is 553 g/mol. The van der Waals surface area contributed by atoms with Crippen LogP contribution in [-0.4, -0.2) is 77.7 Å². The zero-order valence-electron chi connectivity index (χ0n) is 21.5. The number of benzene rings is 2. The van der Waals surface area contributed by atoms with E-state index in [1.807, 2.05) is 4.90 Å². The zero-order valence-corrected chi connectivity index (χ0v) is 21.5. The Balaban J connectivity index is 1.35. The summed E-state index contributed by atoms with van der Waals surface area (Å²) in [7, 11) is 0. The monoisotopic (exact) mass is 552 g/mol. The Morgan fingerprint density at radius 2 is 1.85 bits per heavy atom. The molecule has 0 saturated carbocycles. The number of aliphatic hydroxyl groups is 1. The number of rotatable bonds is 8. The number of hydrogen-bond donors (Lipinski definition) is 1. The number of nitro benzene ring substituents is 1. The van der Waals surface area contributed by atoms with Crippen molar-refractivity contribution < 1.29 is 23.6 Å². The molecule has 5 rings (SSSR count). The topological polar surface area (TPSA) is 135 Å². The van der Waals surface area contributed by atoms with Gasteiger partial charge < -0.3 is 14.9 Å². The van der Waals surface area contributed by atoms with Crippen LogP contribution in [0, 0.1) is 21.7 Å². The number of amides is 1. The van der Waals surface area contributed by atoms with Gasteiger partial charge in [0.15, 0.2) is 0 Å². The number of carbonyl (C=O) groups is 1. The molecule has 2 aromatic heterocycles. The summed E-state index contributed by atoms with van der Waals surface area (Å²) in [5.74, 6) is -1.92. The van der Waals surface area contributed by atoms with Crippen molar-refractivity contribution in [2.24, 2.45) is 0 Å². The Kier molecular flexibility index (Phi) is 7.26. The summed E-state index contributed by atoms with van der Waals surface area (Å²) < 4.78 is 31.4. The van der Waals surface area contributed by atoms with Crippen LogP contribution >= 0.6 is 0 Å². The Hall–Kier alpha value is -4.72. The maximum atomic E-state index is 15.0. The lowest BCUT2D eigenvalue weighted by atomic mass is 9.85. The van der Waals surface area contributed by atoms with Crippen LogP contribution in [0.1, 0.15) is 22.8 Å². The molecule has 0 spiro atoms. The van der Waals surface area contributed by atoms with Gasteiger partial charge in [-0.25, -0.2) is 13.8 Å². The SMILES string of the molecule is C[C@@](c1ccc(F)cc1F)([C@H](O)Cn1cncn1)n1cc(C(=O)N2CCN(c3ccc([N+](=O)[O-])cc3)CC2)cn1. The van der Waals surface area contributed by atoms with Crippen molar-refractivity contribution in [2.75, 3.05) is 31.1 Å². The number of anilines is 1. The lowest BCUT2D eigenvalue weighted by Gasteiger charge is -2.36. The van der Waals surface area contributed by atoms with Crippen molar-refractivity contribution in [3.8, 4) is 0 Å². The van der Waals surface area contributed by atoms with Crippen molar-refractivity contribution in [3.05, 3.63) is 100 Å². The third-order valence-corrected chi connectivity index (χ3v) is 7.25. The van der Waals surface area contributed by atoms with Gasteiger partial charge in [-0.05, 0) is 25.1 Å². The summed E-state index contributed by atoms with van der Waals surface area (Å²) >= 11 is 0. The van der Waals surface area contributed by atoms with E-state index in [1.54, 1.807) is 24.0 Å². The summed E-state index contributed by atoms with van der Waals surface area (Å²) in [5.41, 5.74) is -0.472. The predicted octanol–water partition coefficient (Wildman–Crippen LogP) is 2.45. The van der Waals surface area contributed by atoms with Crippen LogP contribution in [0.2, 0.25) is 0 Å². The first kappa shape index (κ1) is 26.9. The molecule has 1 fully saturated rings. The molecule has 1 amide bonds. The molecule has 2 atom stereocenters. The number of halogens is 2. The molecule has 0 unspecified atom stereocenters.